The van der Waals surface area contributed by atoms with Crippen molar-refractivity contribution < 1.29 is 0 Å². The molecule has 0 amide bonds. The molecule has 0 aromatic heterocycles. The first-order chi connectivity index (χ1) is 15.3. The fraction of sp³-hybridized carbons (Fsp3) is 0.613. The first kappa shape index (κ1) is 40.6. The Morgan fingerprint density at radius 3 is 1.53 bits per heavy atom. The van der Waals surface area contributed by atoms with Crippen LogP contribution in [0.2, 0.25) is 0 Å². The van der Waals surface area contributed by atoms with Gasteiger partial charge in [0.15, 0.2) is 0 Å². The Morgan fingerprint density at radius 2 is 1.31 bits per heavy atom. The summed E-state index contributed by atoms with van der Waals surface area (Å²) in [6.45, 7) is 36.8. The predicted molar refractivity (Wildman–Crippen MR) is 156 cm³/mol. The minimum Gasteiger partial charge on any atom is -0.372 e. The highest BCUT2D eigenvalue weighted by Gasteiger charge is 2.05. The van der Waals surface area contributed by atoms with E-state index in [1.54, 1.807) is 5.57 Å². The summed E-state index contributed by atoms with van der Waals surface area (Å²) in [4.78, 5) is 2.38. The van der Waals surface area contributed by atoms with Crippen LogP contribution in [0, 0.1) is 5.92 Å². The van der Waals surface area contributed by atoms with Gasteiger partial charge < -0.3 is 4.90 Å². The summed E-state index contributed by atoms with van der Waals surface area (Å²) in [7, 11) is 0. The van der Waals surface area contributed by atoms with Crippen molar-refractivity contribution in [2.45, 2.75) is 109 Å². The molecule has 0 rings (SSSR count). The first-order valence-corrected chi connectivity index (χ1v) is 12.9. The number of hydrogen-bond acceptors (Lipinski definition) is 1. The van der Waals surface area contributed by atoms with E-state index in [0.717, 1.165) is 19.5 Å². The number of hydrogen-bond donors (Lipinski definition) is 0. The van der Waals surface area contributed by atoms with Gasteiger partial charge in [-0.3, -0.25) is 0 Å². The van der Waals surface area contributed by atoms with E-state index in [9.17, 15) is 0 Å². The zero-order valence-corrected chi connectivity index (χ0v) is 24.5. The van der Waals surface area contributed by atoms with Crippen LogP contribution >= 0.6 is 0 Å². The molecule has 0 heterocycles. The van der Waals surface area contributed by atoms with Crippen LogP contribution in [0.5, 0.6) is 0 Å². The monoisotopic (exact) mass is 447 g/mol. The van der Waals surface area contributed by atoms with Crippen molar-refractivity contribution in [2.75, 3.05) is 13.1 Å². The molecular weight excluding hydrogens is 386 g/mol. The molecular formula is C31H61N. The van der Waals surface area contributed by atoms with Gasteiger partial charge in [0.1, 0.15) is 0 Å². The van der Waals surface area contributed by atoms with Crippen LogP contribution in [0.4, 0.5) is 0 Å². The van der Waals surface area contributed by atoms with Crippen LogP contribution in [0.25, 0.3) is 0 Å². The van der Waals surface area contributed by atoms with Gasteiger partial charge in [-0.1, -0.05) is 103 Å². The van der Waals surface area contributed by atoms with Crippen molar-refractivity contribution >= 4 is 0 Å². The lowest BCUT2D eigenvalue weighted by Gasteiger charge is -2.25. The first-order valence-electron chi connectivity index (χ1n) is 12.9. The molecule has 0 aromatic rings. The normalized spacial score (nSPS) is 10.2. The molecule has 1 unspecified atom stereocenters. The Bertz CT molecular complexity index is 479. The zero-order valence-electron chi connectivity index (χ0n) is 24.5. The van der Waals surface area contributed by atoms with Gasteiger partial charge in [-0.05, 0) is 72.8 Å². The van der Waals surface area contributed by atoms with Gasteiger partial charge in [0.05, 0.1) is 0 Å². The third-order valence-electron chi connectivity index (χ3n) is 4.60. The van der Waals surface area contributed by atoms with Crippen LogP contribution in [-0.2, 0) is 0 Å². The lowest BCUT2D eigenvalue weighted by molar-refractivity contribution is 0.350. The highest BCUT2D eigenvalue weighted by Crippen LogP contribution is 2.11. The highest BCUT2D eigenvalue weighted by atomic mass is 15.1. The molecule has 0 saturated heterocycles. The van der Waals surface area contributed by atoms with Gasteiger partial charge in [0.2, 0.25) is 0 Å². The number of likely N-dealkylation sites (N-methyl/N-ethyl adjacent to an activating group) is 1. The summed E-state index contributed by atoms with van der Waals surface area (Å²) in [5, 5.41) is 0. The largest absolute Gasteiger partial charge is 0.372 e. The standard InChI is InChI=1S/C15H25N.C7H14.C5H10.2C2H6/c1-6-10-11-15(8-3)16(9-4)13-12-14(5)7-2;1-4-7(5-2)6-3;1-4-5(2)3;2*1-2/h6-8,10-11,14H,1-2,9,12-13H2,3-5H3;4H,5-6H2,1-3H3;4H,1-3H3;2*1-2H3/b11-10-,15-8+;;;;. The zero-order chi connectivity index (χ0) is 26.4. The summed E-state index contributed by atoms with van der Waals surface area (Å²) in [6.07, 6.45) is 17.9. The summed E-state index contributed by atoms with van der Waals surface area (Å²) >= 11 is 0. The molecule has 0 aliphatic rings. The van der Waals surface area contributed by atoms with Crippen molar-refractivity contribution in [1.29, 1.82) is 0 Å². The van der Waals surface area contributed by atoms with Crippen molar-refractivity contribution in [3.8, 4) is 0 Å². The maximum atomic E-state index is 3.82. The van der Waals surface area contributed by atoms with E-state index in [2.05, 4.69) is 97.8 Å². The predicted octanol–water partition coefficient (Wildman–Crippen LogP) is 10.9. The molecule has 0 radical (unpaired) electrons. The molecule has 190 valence electrons. The molecule has 0 fully saturated rings. The van der Waals surface area contributed by atoms with Crippen molar-refractivity contribution in [1.82, 2.24) is 4.90 Å². The molecule has 1 atom stereocenters. The van der Waals surface area contributed by atoms with Crippen molar-refractivity contribution in [3.05, 3.63) is 72.5 Å². The number of rotatable bonds is 10. The molecule has 0 aliphatic carbocycles. The van der Waals surface area contributed by atoms with Gasteiger partial charge in [-0.2, -0.15) is 0 Å². The van der Waals surface area contributed by atoms with E-state index >= 15 is 0 Å². The maximum Gasteiger partial charge on any atom is 0.0322 e. The maximum absolute atomic E-state index is 3.82. The van der Waals surface area contributed by atoms with Crippen LogP contribution in [0.1, 0.15) is 109 Å². The molecule has 0 aliphatic heterocycles. The average molecular weight is 448 g/mol. The van der Waals surface area contributed by atoms with E-state index in [0.29, 0.717) is 5.92 Å². The van der Waals surface area contributed by atoms with Gasteiger partial charge >= 0.3 is 0 Å². The SMILES string of the molecule is C=C/C=C\C(=C/C)N(CC)CCC(C)C=C.CC.CC.CC=C(C)C.CC=C(CC)CC. The Morgan fingerprint density at radius 1 is 0.844 bits per heavy atom. The quantitative estimate of drug-likeness (QED) is 0.238. The van der Waals surface area contributed by atoms with E-state index in [-0.39, 0.29) is 0 Å². The Kier molecular flexibility index (Phi) is 46.4. The number of nitrogens with zero attached hydrogens (tertiary/aromatic N) is 1. The van der Waals surface area contributed by atoms with Crippen LogP contribution < -0.4 is 0 Å². The van der Waals surface area contributed by atoms with E-state index in [1.807, 2.05) is 52.8 Å². The third-order valence-corrected chi connectivity index (χ3v) is 4.60. The van der Waals surface area contributed by atoms with E-state index in [4.69, 9.17) is 0 Å². The molecule has 1 nitrogen and oxygen atoms in total. The fourth-order valence-electron chi connectivity index (χ4n) is 2.16. The lowest BCUT2D eigenvalue weighted by atomic mass is 10.1. The fourth-order valence-corrected chi connectivity index (χ4v) is 2.16. The Hall–Kier alpha value is -1.76. The van der Waals surface area contributed by atoms with Crippen LogP contribution in [-0.4, -0.2) is 18.0 Å². The Balaban J connectivity index is -0.000000125. The van der Waals surface area contributed by atoms with Gasteiger partial charge in [-0.25, -0.2) is 0 Å². The minimum atomic E-state index is 0.579. The average Bonchev–Trinajstić information content (AvgIpc) is 2.85. The second-order valence-corrected chi connectivity index (χ2v) is 6.91. The van der Waals surface area contributed by atoms with E-state index in [1.165, 1.54) is 24.1 Å². The summed E-state index contributed by atoms with van der Waals surface area (Å²) in [5.41, 5.74) is 4.20. The number of allylic oxidation sites excluding steroid dienone is 9. The molecule has 0 spiro atoms. The summed E-state index contributed by atoms with van der Waals surface area (Å²) in [5.74, 6) is 0.579. The molecule has 0 aromatic carbocycles. The summed E-state index contributed by atoms with van der Waals surface area (Å²) < 4.78 is 0. The minimum absolute atomic E-state index is 0.579. The Labute approximate surface area is 205 Å². The smallest absolute Gasteiger partial charge is 0.0322 e. The lowest BCUT2D eigenvalue weighted by Crippen LogP contribution is -2.24. The van der Waals surface area contributed by atoms with Crippen LogP contribution in [0.3, 0.4) is 0 Å². The second kappa shape index (κ2) is 36.6. The van der Waals surface area contributed by atoms with Gasteiger partial charge in [-0.15, -0.1) is 6.58 Å². The molecule has 0 bridgehead atoms. The molecule has 0 saturated carbocycles. The van der Waals surface area contributed by atoms with Crippen molar-refractivity contribution in [3.63, 3.8) is 0 Å². The molecule has 1 heteroatoms. The van der Waals surface area contributed by atoms with E-state index < -0.39 is 0 Å². The van der Waals surface area contributed by atoms with Crippen LogP contribution in [0.15, 0.2) is 72.5 Å². The second-order valence-electron chi connectivity index (χ2n) is 6.91. The highest BCUT2D eigenvalue weighted by molar-refractivity contribution is 5.20. The van der Waals surface area contributed by atoms with Crippen molar-refractivity contribution in [2.24, 2.45) is 5.92 Å². The third kappa shape index (κ3) is 32.9. The molecule has 32 heavy (non-hydrogen) atoms. The van der Waals surface area contributed by atoms with Gasteiger partial charge in [0.25, 0.3) is 0 Å². The van der Waals surface area contributed by atoms with Gasteiger partial charge in [0, 0.05) is 18.8 Å². The topological polar surface area (TPSA) is 3.24 Å². The molecule has 0 N–H and O–H groups in total. The summed E-state index contributed by atoms with van der Waals surface area (Å²) in [6, 6.07) is 0.